The van der Waals surface area contributed by atoms with Crippen molar-refractivity contribution in [2.75, 3.05) is 6.54 Å². The number of piperidine rings is 1. The molecule has 9 heteroatoms. The van der Waals surface area contributed by atoms with E-state index in [-0.39, 0.29) is 49.7 Å². The number of hydrogen-bond donors (Lipinski definition) is 2. The summed E-state index contributed by atoms with van der Waals surface area (Å²) in [7, 11) is 0. The molecule has 4 amide bonds. The Kier molecular flexibility index (Phi) is 6.29. The lowest BCUT2D eigenvalue weighted by atomic mass is 10.0. The minimum Gasteiger partial charge on any atom is -0.444 e. The Morgan fingerprint density at radius 2 is 2.06 bits per heavy atom. The Labute approximate surface area is 179 Å². The van der Waals surface area contributed by atoms with Crippen LogP contribution in [0.4, 0.5) is 9.18 Å². The molecule has 1 atom stereocenters. The predicted octanol–water partition coefficient (Wildman–Crippen LogP) is 1.85. The molecule has 0 aliphatic carbocycles. The molecule has 1 unspecified atom stereocenters. The lowest BCUT2D eigenvalue weighted by molar-refractivity contribution is -0.136. The molecule has 1 fully saturated rings. The number of amides is 4. The molecule has 2 N–H and O–H groups in total. The highest BCUT2D eigenvalue weighted by atomic mass is 19.1. The molecular weight excluding hydrogens is 405 g/mol. The molecule has 0 radical (unpaired) electrons. The lowest BCUT2D eigenvalue weighted by Gasteiger charge is -2.29. The molecule has 1 aromatic rings. The lowest BCUT2D eigenvalue weighted by Crippen LogP contribution is -2.52. The first-order chi connectivity index (χ1) is 14.6. The number of carbonyl (C=O) groups is 4. The van der Waals surface area contributed by atoms with E-state index in [0.29, 0.717) is 11.1 Å². The molecule has 3 rings (SSSR count). The minimum atomic E-state index is -0.778. The molecule has 1 aromatic carbocycles. The molecule has 164 valence electrons. The largest absolute Gasteiger partial charge is 0.444 e. The average molecular weight is 429 g/mol. The summed E-state index contributed by atoms with van der Waals surface area (Å²) >= 11 is 0. The molecule has 2 aliphatic rings. The summed E-state index contributed by atoms with van der Waals surface area (Å²) in [6, 6.07) is 1.78. The van der Waals surface area contributed by atoms with Crippen LogP contribution in [0.3, 0.4) is 0 Å². The molecule has 31 heavy (non-hydrogen) atoms. The van der Waals surface area contributed by atoms with E-state index < -0.39 is 29.5 Å². The van der Waals surface area contributed by atoms with Gasteiger partial charge in [0.2, 0.25) is 11.8 Å². The van der Waals surface area contributed by atoms with Gasteiger partial charge in [-0.25, -0.2) is 9.18 Å². The van der Waals surface area contributed by atoms with E-state index in [1.807, 2.05) is 0 Å². The van der Waals surface area contributed by atoms with Gasteiger partial charge in [0, 0.05) is 37.1 Å². The molecule has 1 saturated heterocycles. The highest BCUT2D eigenvalue weighted by molar-refractivity contribution is 6.05. The molecule has 8 nitrogen and oxygen atoms in total. The predicted molar refractivity (Wildman–Crippen MR) is 108 cm³/mol. The zero-order chi connectivity index (χ0) is 22.8. The Balaban J connectivity index is 1.69. The minimum absolute atomic E-state index is 0.0401. The fraction of sp³-hybridized carbons (Fsp3) is 0.455. The highest BCUT2D eigenvalue weighted by Gasteiger charge is 2.40. The number of carbonyl (C=O) groups excluding carboxylic acids is 4. The second-order valence-electron chi connectivity index (χ2n) is 8.33. The molecule has 0 spiro atoms. The van der Waals surface area contributed by atoms with Crippen LogP contribution in [0.2, 0.25) is 0 Å². The van der Waals surface area contributed by atoms with E-state index in [1.54, 1.807) is 20.8 Å². The normalized spacial score (nSPS) is 18.1. The summed E-state index contributed by atoms with van der Waals surface area (Å²) in [5.41, 5.74) is 0.201. The Morgan fingerprint density at radius 3 is 2.74 bits per heavy atom. The smallest absolute Gasteiger partial charge is 0.407 e. The van der Waals surface area contributed by atoms with E-state index >= 15 is 0 Å². The van der Waals surface area contributed by atoms with E-state index in [0.717, 1.165) is 0 Å². The number of halogens is 1. The molecule has 0 bridgehead atoms. The van der Waals surface area contributed by atoms with Crippen LogP contribution in [0.15, 0.2) is 12.1 Å². The van der Waals surface area contributed by atoms with Gasteiger partial charge in [-0.1, -0.05) is 11.8 Å². The van der Waals surface area contributed by atoms with Crippen LogP contribution in [0, 0.1) is 17.7 Å². The maximum atomic E-state index is 14.4. The first-order valence-corrected chi connectivity index (χ1v) is 9.98. The molecule has 0 saturated carbocycles. The summed E-state index contributed by atoms with van der Waals surface area (Å²) in [6.07, 6.45) is 0.0612. The van der Waals surface area contributed by atoms with Crippen LogP contribution in [0.1, 0.15) is 61.5 Å². The van der Waals surface area contributed by atoms with E-state index in [4.69, 9.17) is 4.74 Å². The number of ether oxygens (including phenoxy) is 1. The first kappa shape index (κ1) is 22.3. The second-order valence-corrected chi connectivity index (χ2v) is 8.33. The van der Waals surface area contributed by atoms with Crippen molar-refractivity contribution in [3.63, 3.8) is 0 Å². The van der Waals surface area contributed by atoms with Crippen molar-refractivity contribution in [3.05, 3.63) is 34.6 Å². The first-order valence-electron chi connectivity index (χ1n) is 9.98. The van der Waals surface area contributed by atoms with Crippen molar-refractivity contribution in [3.8, 4) is 11.8 Å². The third-order valence-electron chi connectivity index (χ3n) is 4.80. The average Bonchev–Trinajstić information content (AvgIpc) is 2.98. The van der Waals surface area contributed by atoms with Gasteiger partial charge in [-0.05, 0) is 39.3 Å². The summed E-state index contributed by atoms with van der Waals surface area (Å²) in [5.74, 6) is 3.69. The highest BCUT2D eigenvalue weighted by Crippen LogP contribution is 2.30. The van der Waals surface area contributed by atoms with Crippen LogP contribution in [-0.4, -0.2) is 46.9 Å². The zero-order valence-corrected chi connectivity index (χ0v) is 17.6. The maximum Gasteiger partial charge on any atom is 0.407 e. The van der Waals surface area contributed by atoms with Crippen molar-refractivity contribution in [1.29, 1.82) is 0 Å². The molecule has 0 aromatic heterocycles. The van der Waals surface area contributed by atoms with Gasteiger partial charge in [-0.3, -0.25) is 19.7 Å². The van der Waals surface area contributed by atoms with Crippen molar-refractivity contribution in [2.45, 2.75) is 58.2 Å². The number of imide groups is 1. The van der Waals surface area contributed by atoms with Crippen LogP contribution in [0.25, 0.3) is 0 Å². The Bertz CT molecular complexity index is 1000. The number of hydrogen-bond acceptors (Lipinski definition) is 5. The fourth-order valence-electron chi connectivity index (χ4n) is 3.44. The Morgan fingerprint density at radius 1 is 1.32 bits per heavy atom. The number of rotatable bonds is 3. The van der Waals surface area contributed by atoms with E-state index in [1.165, 1.54) is 17.0 Å². The van der Waals surface area contributed by atoms with Crippen LogP contribution in [0.5, 0.6) is 0 Å². The topological polar surface area (TPSA) is 105 Å². The van der Waals surface area contributed by atoms with Gasteiger partial charge in [-0.15, -0.1) is 0 Å². The van der Waals surface area contributed by atoms with Crippen molar-refractivity contribution >= 4 is 23.8 Å². The quantitative estimate of drug-likeness (QED) is 0.434. The van der Waals surface area contributed by atoms with Crippen molar-refractivity contribution < 1.29 is 28.3 Å². The van der Waals surface area contributed by atoms with Crippen LogP contribution >= 0.6 is 0 Å². The van der Waals surface area contributed by atoms with Crippen molar-refractivity contribution in [1.82, 2.24) is 15.5 Å². The summed E-state index contributed by atoms with van der Waals surface area (Å²) < 4.78 is 19.6. The second kappa shape index (κ2) is 8.76. The molecule has 2 aliphatic heterocycles. The number of nitrogens with zero attached hydrogens (tertiary/aromatic N) is 1. The van der Waals surface area contributed by atoms with E-state index in [2.05, 4.69) is 22.5 Å². The zero-order valence-electron chi connectivity index (χ0n) is 17.6. The maximum absolute atomic E-state index is 14.4. The van der Waals surface area contributed by atoms with Gasteiger partial charge in [-0.2, -0.15) is 0 Å². The number of alkyl carbamates (subject to hydrolysis) is 1. The standard InChI is InChI=1S/C22H24FN3O5/c1-22(2,3)31-21(30)24-11-5-4-6-13-15-12-26(17-9-10-18(27)25-19(17)28)20(29)14(15)7-8-16(13)23/h7-8,17H,5,9-12H2,1-3H3,(H,24,30)(H,25,27,28). The van der Waals surface area contributed by atoms with Crippen LogP contribution in [-0.2, 0) is 20.9 Å². The summed E-state index contributed by atoms with van der Waals surface area (Å²) in [4.78, 5) is 49.3. The van der Waals surface area contributed by atoms with Gasteiger partial charge in [0.15, 0.2) is 0 Å². The third kappa shape index (κ3) is 5.20. The van der Waals surface area contributed by atoms with Crippen LogP contribution < -0.4 is 10.6 Å². The van der Waals surface area contributed by atoms with Crippen molar-refractivity contribution in [2.24, 2.45) is 0 Å². The van der Waals surface area contributed by atoms with Gasteiger partial charge in [0.25, 0.3) is 5.91 Å². The number of benzene rings is 1. The summed E-state index contributed by atoms with van der Waals surface area (Å²) in [5, 5.41) is 4.80. The molecular formula is C22H24FN3O5. The van der Waals surface area contributed by atoms with Gasteiger partial charge in [0.1, 0.15) is 17.5 Å². The molecule has 2 heterocycles. The van der Waals surface area contributed by atoms with Gasteiger partial charge >= 0.3 is 6.09 Å². The van der Waals surface area contributed by atoms with E-state index in [9.17, 15) is 23.6 Å². The van der Waals surface area contributed by atoms with Gasteiger partial charge in [0.05, 0.1) is 5.56 Å². The fourth-order valence-corrected chi connectivity index (χ4v) is 3.44. The summed E-state index contributed by atoms with van der Waals surface area (Å²) in [6.45, 7) is 5.53. The Hall–Kier alpha value is -3.41. The third-order valence-corrected chi connectivity index (χ3v) is 4.80. The number of fused-ring (bicyclic) bond motifs is 1. The SMILES string of the molecule is CC(C)(C)OC(=O)NCCC#Cc1c(F)ccc2c1CN(C1CCC(=O)NC1=O)C2=O. The van der Waals surface area contributed by atoms with Gasteiger partial charge < -0.3 is 15.0 Å². The number of nitrogens with one attached hydrogen (secondary N) is 2. The monoisotopic (exact) mass is 429 g/mol.